The molecule has 1 fully saturated rings. The van der Waals surface area contributed by atoms with Crippen LogP contribution in [0.25, 0.3) is 0 Å². The van der Waals surface area contributed by atoms with Crippen LogP contribution in [0.3, 0.4) is 0 Å². The van der Waals surface area contributed by atoms with E-state index in [0.29, 0.717) is 11.4 Å². The van der Waals surface area contributed by atoms with Crippen molar-refractivity contribution < 1.29 is 8.42 Å². The Balaban J connectivity index is 2.00. The zero-order chi connectivity index (χ0) is 15.3. The molecule has 0 heterocycles. The summed E-state index contributed by atoms with van der Waals surface area (Å²) >= 11 is 0. The van der Waals surface area contributed by atoms with Crippen LogP contribution in [0.15, 0.2) is 29.2 Å². The van der Waals surface area contributed by atoms with Crippen molar-refractivity contribution in [3.05, 3.63) is 29.8 Å². The zero-order valence-corrected chi connectivity index (χ0v) is 13.6. The van der Waals surface area contributed by atoms with E-state index in [4.69, 9.17) is 5.73 Å². The van der Waals surface area contributed by atoms with Gasteiger partial charge in [0, 0.05) is 12.1 Å². The summed E-state index contributed by atoms with van der Waals surface area (Å²) in [5, 5.41) is 0. The van der Waals surface area contributed by atoms with Gasteiger partial charge in [0.2, 0.25) is 10.0 Å². The summed E-state index contributed by atoms with van der Waals surface area (Å²) in [7, 11) is -3.46. The van der Waals surface area contributed by atoms with Gasteiger partial charge in [-0.15, -0.1) is 0 Å². The van der Waals surface area contributed by atoms with Gasteiger partial charge in [-0.25, -0.2) is 13.1 Å². The summed E-state index contributed by atoms with van der Waals surface area (Å²) in [5.74, 6) is 0. The Hall–Kier alpha value is -0.910. The highest BCUT2D eigenvalue weighted by Crippen LogP contribution is 2.25. The average Bonchev–Trinajstić information content (AvgIpc) is 2.47. The summed E-state index contributed by atoms with van der Waals surface area (Å²) in [6.07, 6.45) is 7.19. The molecule has 0 saturated heterocycles. The molecular formula is C16H26N2O2S. The Bertz CT molecular complexity index is 546. The average molecular weight is 310 g/mol. The van der Waals surface area contributed by atoms with Gasteiger partial charge in [0.25, 0.3) is 0 Å². The fourth-order valence-corrected chi connectivity index (χ4v) is 4.02. The van der Waals surface area contributed by atoms with Crippen molar-refractivity contribution in [1.82, 2.24) is 4.72 Å². The van der Waals surface area contributed by atoms with E-state index in [1.54, 1.807) is 12.1 Å². The third-order valence-corrected chi connectivity index (χ3v) is 5.65. The number of rotatable bonds is 6. The van der Waals surface area contributed by atoms with Crippen molar-refractivity contribution in [1.29, 1.82) is 0 Å². The maximum atomic E-state index is 12.3. The van der Waals surface area contributed by atoms with Crippen LogP contribution in [0, 0.1) is 0 Å². The molecule has 0 radical (unpaired) electrons. The van der Waals surface area contributed by atoms with Gasteiger partial charge < -0.3 is 5.73 Å². The van der Waals surface area contributed by atoms with E-state index in [-0.39, 0.29) is 5.54 Å². The van der Waals surface area contributed by atoms with Gasteiger partial charge in [-0.1, -0.05) is 44.7 Å². The van der Waals surface area contributed by atoms with Crippen LogP contribution in [0.4, 0.5) is 0 Å². The minimum atomic E-state index is -3.46. The molecular weight excluding hydrogens is 284 g/mol. The van der Waals surface area contributed by atoms with Gasteiger partial charge in [0.15, 0.2) is 0 Å². The Morgan fingerprint density at radius 1 is 1.14 bits per heavy atom. The molecule has 3 N–H and O–H groups in total. The molecule has 118 valence electrons. The minimum absolute atomic E-state index is 0.321. The Kier molecular flexibility index (Phi) is 5.41. The molecule has 1 aromatic carbocycles. The van der Waals surface area contributed by atoms with E-state index < -0.39 is 10.0 Å². The molecule has 1 aliphatic rings. The van der Waals surface area contributed by atoms with Gasteiger partial charge in [-0.3, -0.25) is 0 Å². The van der Waals surface area contributed by atoms with Gasteiger partial charge in [0.1, 0.15) is 0 Å². The Morgan fingerprint density at radius 3 is 2.33 bits per heavy atom. The summed E-state index contributed by atoms with van der Waals surface area (Å²) in [5.41, 5.74) is 7.07. The number of benzene rings is 1. The third kappa shape index (κ3) is 4.53. The first kappa shape index (κ1) is 16.5. The summed E-state index contributed by atoms with van der Waals surface area (Å²) < 4.78 is 27.3. The number of aryl methyl sites for hydroxylation is 1. The van der Waals surface area contributed by atoms with E-state index in [0.717, 1.165) is 38.5 Å². The van der Waals surface area contributed by atoms with E-state index in [9.17, 15) is 8.42 Å². The Labute approximate surface area is 128 Å². The summed E-state index contributed by atoms with van der Waals surface area (Å²) in [6, 6.07) is 7.13. The largest absolute Gasteiger partial charge is 0.324 e. The molecule has 21 heavy (non-hydrogen) atoms. The van der Waals surface area contributed by atoms with Crippen LogP contribution in [0.5, 0.6) is 0 Å². The SMILES string of the molecule is CCCc1ccc(S(=O)(=O)NCC2(N)CCCCC2)cc1. The lowest BCUT2D eigenvalue weighted by atomic mass is 9.83. The van der Waals surface area contributed by atoms with Crippen molar-refractivity contribution in [3.8, 4) is 0 Å². The maximum Gasteiger partial charge on any atom is 0.240 e. The molecule has 0 aromatic heterocycles. The van der Waals surface area contributed by atoms with E-state index in [1.165, 1.54) is 12.0 Å². The molecule has 2 rings (SSSR count). The molecule has 0 spiro atoms. The third-order valence-electron chi connectivity index (χ3n) is 4.24. The van der Waals surface area contributed by atoms with Crippen LogP contribution >= 0.6 is 0 Å². The molecule has 1 aliphatic carbocycles. The second kappa shape index (κ2) is 6.90. The predicted molar refractivity (Wildman–Crippen MR) is 85.6 cm³/mol. The molecule has 0 unspecified atom stereocenters. The van der Waals surface area contributed by atoms with Crippen LogP contribution in [0.2, 0.25) is 0 Å². The van der Waals surface area contributed by atoms with E-state index in [1.807, 2.05) is 12.1 Å². The standard InChI is InChI=1S/C16H26N2O2S/c1-2-6-14-7-9-15(10-8-14)21(19,20)18-13-16(17)11-4-3-5-12-16/h7-10,18H,2-6,11-13,17H2,1H3. The fraction of sp³-hybridized carbons (Fsp3) is 0.625. The molecule has 0 atom stereocenters. The Morgan fingerprint density at radius 2 is 1.76 bits per heavy atom. The number of nitrogens with two attached hydrogens (primary N) is 1. The summed E-state index contributed by atoms with van der Waals surface area (Å²) in [4.78, 5) is 0.321. The van der Waals surface area contributed by atoms with E-state index >= 15 is 0 Å². The molecule has 4 nitrogen and oxygen atoms in total. The first-order valence-electron chi connectivity index (χ1n) is 7.83. The first-order valence-corrected chi connectivity index (χ1v) is 9.31. The van der Waals surface area contributed by atoms with Gasteiger partial charge in [-0.05, 0) is 37.0 Å². The number of hydrogen-bond acceptors (Lipinski definition) is 3. The smallest absolute Gasteiger partial charge is 0.240 e. The molecule has 5 heteroatoms. The van der Waals surface area contributed by atoms with Crippen LogP contribution in [-0.2, 0) is 16.4 Å². The molecule has 0 bridgehead atoms. The predicted octanol–water partition coefficient (Wildman–Crippen LogP) is 2.58. The van der Waals surface area contributed by atoms with Crippen molar-refractivity contribution >= 4 is 10.0 Å². The maximum absolute atomic E-state index is 12.3. The molecule has 1 aromatic rings. The topological polar surface area (TPSA) is 72.2 Å². The van der Waals surface area contributed by atoms with Crippen LogP contribution in [-0.4, -0.2) is 20.5 Å². The number of sulfonamides is 1. The second-order valence-corrected chi connectivity index (χ2v) is 7.91. The second-order valence-electron chi connectivity index (χ2n) is 6.14. The first-order chi connectivity index (χ1) is 9.95. The van der Waals surface area contributed by atoms with Crippen molar-refractivity contribution in [2.45, 2.75) is 62.3 Å². The van der Waals surface area contributed by atoms with Gasteiger partial charge >= 0.3 is 0 Å². The number of nitrogens with one attached hydrogen (secondary N) is 1. The van der Waals surface area contributed by atoms with Crippen molar-refractivity contribution in [2.24, 2.45) is 5.73 Å². The normalized spacial score (nSPS) is 18.6. The highest BCUT2D eigenvalue weighted by Gasteiger charge is 2.29. The summed E-state index contributed by atoms with van der Waals surface area (Å²) in [6.45, 7) is 2.43. The highest BCUT2D eigenvalue weighted by molar-refractivity contribution is 7.89. The lowest BCUT2D eigenvalue weighted by Gasteiger charge is -2.33. The molecule has 1 saturated carbocycles. The lowest BCUT2D eigenvalue weighted by molar-refractivity contribution is 0.296. The lowest BCUT2D eigenvalue weighted by Crippen LogP contribution is -2.51. The molecule has 0 aliphatic heterocycles. The van der Waals surface area contributed by atoms with Gasteiger partial charge in [0.05, 0.1) is 4.90 Å². The zero-order valence-electron chi connectivity index (χ0n) is 12.8. The van der Waals surface area contributed by atoms with E-state index in [2.05, 4.69) is 11.6 Å². The fourth-order valence-electron chi connectivity index (χ4n) is 2.88. The van der Waals surface area contributed by atoms with Gasteiger partial charge in [-0.2, -0.15) is 0 Å². The van der Waals surface area contributed by atoms with Crippen LogP contribution < -0.4 is 10.5 Å². The quantitative estimate of drug-likeness (QED) is 0.848. The van der Waals surface area contributed by atoms with Crippen molar-refractivity contribution in [2.75, 3.05) is 6.54 Å². The highest BCUT2D eigenvalue weighted by atomic mass is 32.2. The number of hydrogen-bond donors (Lipinski definition) is 2. The van der Waals surface area contributed by atoms with Crippen LogP contribution in [0.1, 0.15) is 51.0 Å². The minimum Gasteiger partial charge on any atom is -0.324 e. The monoisotopic (exact) mass is 310 g/mol. The molecule has 0 amide bonds. The van der Waals surface area contributed by atoms with Crippen molar-refractivity contribution in [3.63, 3.8) is 0 Å².